The zero-order valence-corrected chi connectivity index (χ0v) is 12.5. The first-order valence-electron chi connectivity index (χ1n) is 7.49. The minimum absolute atomic E-state index is 0.718. The van der Waals surface area contributed by atoms with Gasteiger partial charge in [0.2, 0.25) is 0 Å². The molecule has 0 N–H and O–H groups in total. The summed E-state index contributed by atoms with van der Waals surface area (Å²) < 4.78 is 5.36. The van der Waals surface area contributed by atoms with Crippen molar-refractivity contribution in [3.05, 3.63) is 65.2 Å². The third-order valence-electron chi connectivity index (χ3n) is 3.69. The highest BCUT2D eigenvalue weighted by Gasteiger charge is 2.04. The molecule has 0 spiro atoms. The van der Waals surface area contributed by atoms with E-state index >= 15 is 0 Å². The first kappa shape index (κ1) is 15.3. The third kappa shape index (κ3) is 4.75. The van der Waals surface area contributed by atoms with Crippen molar-refractivity contribution < 1.29 is 9.53 Å². The van der Waals surface area contributed by atoms with E-state index in [2.05, 4.69) is 30.3 Å². The number of aldehydes is 1. The summed E-state index contributed by atoms with van der Waals surface area (Å²) in [4.78, 5) is 10.9. The van der Waals surface area contributed by atoms with Crippen LogP contribution in [0.5, 0.6) is 5.75 Å². The first-order chi connectivity index (χ1) is 10.3. The summed E-state index contributed by atoms with van der Waals surface area (Å²) in [5.74, 6) is 0.878. The van der Waals surface area contributed by atoms with Gasteiger partial charge < -0.3 is 4.74 Å². The molecule has 2 aromatic carbocycles. The molecule has 0 radical (unpaired) electrons. The minimum Gasteiger partial charge on any atom is -0.496 e. The van der Waals surface area contributed by atoms with Crippen LogP contribution in [0.2, 0.25) is 0 Å². The molecular weight excluding hydrogens is 260 g/mol. The molecule has 0 amide bonds. The largest absolute Gasteiger partial charge is 0.496 e. The Morgan fingerprint density at radius 3 is 2.43 bits per heavy atom. The lowest BCUT2D eigenvalue weighted by atomic mass is 10.0. The Hall–Kier alpha value is -2.09. The lowest BCUT2D eigenvalue weighted by molar-refractivity contribution is 0.112. The van der Waals surface area contributed by atoms with Crippen LogP contribution in [-0.4, -0.2) is 13.4 Å². The molecule has 0 aliphatic rings. The molecule has 21 heavy (non-hydrogen) atoms. The Balaban J connectivity index is 1.79. The summed E-state index contributed by atoms with van der Waals surface area (Å²) >= 11 is 0. The van der Waals surface area contributed by atoms with Crippen LogP contribution in [-0.2, 0) is 12.8 Å². The average molecular weight is 282 g/mol. The summed E-state index contributed by atoms with van der Waals surface area (Å²) in [5, 5.41) is 0. The monoisotopic (exact) mass is 282 g/mol. The Labute approximate surface area is 126 Å². The normalized spacial score (nSPS) is 10.3. The zero-order valence-electron chi connectivity index (χ0n) is 12.5. The standard InChI is InChI=1S/C19H22O2/c1-21-19-13-12-17(15-20)14-18(19)11-7-3-6-10-16-8-4-2-5-9-16/h2,4-5,8-9,12-15H,3,6-7,10-11H2,1H3. The van der Waals surface area contributed by atoms with Crippen molar-refractivity contribution in [2.24, 2.45) is 0 Å². The van der Waals surface area contributed by atoms with Crippen molar-refractivity contribution in [3.63, 3.8) is 0 Å². The average Bonchev–Trinajstić information content (AvgIpc) is 2.55. The number of rotatable bonds is 8. The summed E-state index contributed by atoms with van der Waals surface area (Å²) in [6.07, 6.45) is 6.47. The van der Waals surface area contributed by atoms with E-state index in [1.54, 1.807) is 13.2 Å². The molecule has 2 heteroatoms. The molecule has 2 nitrogen and oxygen atoms in total. The van der Waals surface area contributed by atoms with E-state index in [4.69, 9.17) is 4.74 Å². The molecule has 0 aromatic heterocycles. The smallest absolute Gasteiger partial charge is 0.150 e. The molecule has 0 heterocycles. The SMILES string of the molecule is COc1ccc(C=O)cc1CCCCCc1ccccc1. The van der Waals surface area contributed by atoms with Crippen molar-refractivity contribution in [1.29, 1.82) is 0 Å². The molecule has 0 bridgehead atoms. The number of unbranched alkanes of at least 4 members (excludes halogenated alkanes) is 2. The van der Waals surface area contributed by atoms with Gasteiger partial charge in [0.25, 0.3) is 0 Å². The lowest BCUT2D eigenvalue weighted by Gasteiger charge is -2.09. The molecule has 0 saturated heterocycles. The zero-order chi connectivity index (χ0) is 14.9. The number of carbonyl (C=O) groups is 1. The molecule has 0 aliphatic heterocycles. The molecule has 110 valence electrons. The molecule has 0 saturated carbocycles. The van der Waals surface area contributed by atoms with Gasteiger partial charge in [-0.25, -0.2) is 0 Å². The third-order valence-corrected chi connectivity index (χ3v) is 3.69. The maximum Gasteiger partial charge on any atom is 0.150 e. The highest BCUT2D eigenvalue weighted by Crippen LogP contribution is 2.21. The fourth-order valence-electron chi connectivity index (χ4n) is 2.53. The number of benzene rings is 2. The van der Waals surface area contributed by atoms with Gasteiger partial charge in [0.1, 0.15) is 12.0 Å². The quantitative estimate of drug-likeness (QED) is 0.527. The number of carbonyl (C=O) groups excluding carboxylic acids is 1. The molecule has 0 unspecified atom stereocenters. The van der Waals surface area contributed by atoms with E-state index in [1.807, 2.05) is 12.1 Å². The van der Waals surface area contributed by atoms with E-state index < -0.39 is 0 Å². The van der Waals surface area contributed by atoms with Gasteiger partial charge in [-0.3, -0.25) is 4.79 Å². The van der Waals surface area contributed by atoms with Crippen LogP contribution < -0.4 is 4.74 Å². The van der Waals surface area contributed by atoms with E-state index in [9.17, 15) is 4.79 Å². The molecule has 0 fully saturated rings. The number of methoxy groups -OCH3 is 1. The maximum atomic E-state index is 10.9. The van der Waals surface area contributed by atoms with Gasteiger partial charge in [0.05, 0.1) is 7.11 Å². The molecular formula is C19H22O2. The highest BCUT2D eigenvalue weighted by atomic mass is 16.5. The number of hydrogen-bond acceptors (Lipinski definition) is 2. The van der Waals surface area contributed by atoms with Crippen LogP contribution in [0.4, 0.5) is 0 Å². The van der Waals surface area contributed by atoms with Crippen molar-refractivity contribution in [2.45, 2.75) is 32.1 Å². The Morgan fingerprint density at radius 2 is 1.71 bits per heavy atom. The van der Waals surface area contributed by atoms with E-state index in [0.717, 1.165) is 42.4 Å². The van der Waals surface area contributed by atoms with Crippen LogP contribution >= 0.6 is 0 Å². The van der Waals surface area contributed by atoms with E-state index in [0.29, 0.717) is 0 Å². The lowest BCUT2D eigenvalue weighted by Crippen LogP contribution is -1.95. The summed E-state index contributed by atoms with van der Waals surface area (Å²) in [6, 6.07) is 16.2. The Morgan fingerprint density at radius 1 is 0.952 bits per heavy atom. The summed E-state index contributed by atoms with van der Waals surface area (Å²) in [5.41, 5.74) is 3.25. The van der Waals surface area contributed by atoms with Gasteiger partial charge in [-0.1, -0.05) is 36.8 Å². The second-order valence-corrected chi connectivity index (χ2v) is 5.24. The van der Waals surface area contributed by atoms with Gasteiger partial charge in [-0.05, 0) is 55.0 Å². The highest BCUT2D eigenvalue weighted by molar-refractivity contribution is 5.75. The Bertz CT molecular complexity index is 561. The molecule has 0 atom stereocenters. The maximum absolute atomic E-state index is 10.9. The van der Waals surface area contributed by atoms with Crippen molar-refractivity contribution >= 4 is 6.29 Å². The first-order valence-corrected chi connectivity index (χ1v) is 7.49. The van der Waals surface area contributed by atoms with Gasteiger partial charge in [0.15, 0.2) is 0 Å². The number of aryl methyl sites for hydroxylation is 2. The summed E-state index contributed by atoms with van der Waals surface area (Å²) in [7, 11) is 1.68. The van der Waals surface area contributed by atoms with Crippen LogP contribution in [0.1, 0.15) is 40.7 Å². The van der Waals surface area contributed by atoms with Gasteiger partial charge in [-0.2, -0.15) is 0 Å². The van der Waals surface area contributed by atoms with Crippen molar-refractivity contribution in [3.8, 4) is 5.75 Å². The second-order valence-electron chi connectivity index (χ2n) is 5.24. The number of ether oxygens (including phenoxy) is 1. The van der Waals surface area contributed by atoms with Gasteiger partial charge in [-0.15, -0.1) is 0 Å². The van der Waals surface area contributed by atoms with Crippen LogP contribution in [0, 0.1) is 0 Å². The predicted octanol–water partition coefficient (Wildman–Crippen LogP) is 4.46. The van der Waals surface area contributed by atoms with Crippen LogP contribution in [0.3, 0.4) is 0 Å². The fraction of sp³-hybridized carbons (Fsp3) is 0.316. The minimum atomic E-state index is 0.718. The summed E-state index contributed by atoms with van der Waals surface area (Å²) in [6.45, 7) is 0. The topological polar surface area (TPSA) is 26.3 Å². The van der Waals surface area contributed by atoms with E-state index in [-0.39, 0.29) is 0 Å². The van der Waals surface area contributed by atoms with Gasteiger partial charge in [0, 0.05) is 5.56 Å². The van der Waals surface area contributed by atoms with E-state index in [1.165, 1.54) is 18.4 Å². The molecule has 0 aliphatic carbocycles. The molecule has 2 rings (SSSR count). The fourth-order valence-corrected chi connectivity index (χ4v) is 2.53. The number of hydrogen-bond donors (Lipinski definition) is 0. The van der Waals surface area contributed by atoms with Crippen molar-refractivity contribution in [2.75, 3.05) is 7.11 Å². The van der Waals surface area contributed by atoms with Gasteiger partial charge >= 0.3 is 0 Å². The Kier molecular flexibility index (Phi) is 6.01. The second kappa shape index (κ2) is 8.25. The van der Waals surface area contributed by atoms with Crippen LogP contribution in [0.15, 0.2) is 48.5 Å². The predicted molar refractivity (Wildman–Crippen MR) is 86.1 cm³/mol. The van der Waals surface area contributed by atoms with Crippen molar-refractivity contribution in [1.82, 2.24) is 0 Å². The van der Waals surface area contributed by atoms with Crippen LogP contribution in [0.25, 0.3) is 0 Å². The molecule has 2 aromatic rings.